The first-order valence-corrected chi connectivity index (χ1v) is 7.28. The van der Waals surface area contributed by atoms with Crippen molar-refractivity contribution in [2.75, 3.05) is 6.54 Å². The first-order valence-electron chi connectivity index (χ1n) is 7.28. The minimum Gasteiger partial charge on any atom is -0.489 e. The van der Waals surface area contributed by atoms with E-state index in [1.54, 1.807) is 13.0 Å². The van der Waals surface area contributed by atoms with Crippen LogP contribution in [0.1, 0.15) is 45.6 Å². The Morgan fingerprint density at radius 1 is 1.26 bits per heavy atom. The van der Waals surface area contributed by atoms with Crippen LogP contribution in [-0.4, -0.2) is 18.7 Å². The van der Waals surface area contributed by atoms with Gasteiger partial charge < -0.3 is 10.1 Å². The summed E-state index contributed by atoms with van der Waals surface area (Å²) in [5, 5.41) is 3.46. The van der Waals surface area contributed by atoms with Gasteiger partial charge in [-0.15, -0.1) is 0 Å². The van der Waals surface area contributed by atoms with Gasteiger partial charge >= 0.3 is 0 Å². The number of halogens is 1. The monoisotopic (exact) mass is 267 g/mol. The second kappa shape index (κ2) is 8.16. The van der Waals surface area contributed by atoms with Crippen molar-refractivity contribution in [3.8, 4) is 5.75 Å². The van der Waals surface area contributed by atoms with Gasteiger partial charge in [-0.3, -0.25) is 0 Å². The fourth-order valence-electron chi connectivity index (χ4n) is 2.26. The summed E-state index contributed by atoms with van der Waals surface area (Å²) in [7, 11) is 0. The molecular formula is C16H26FNO. The predicted octanol–water partition coefficient (Wildman–Crippen LogP) is 4.07. The van der Waals surface area contributed by atoms with Crippen molar-refractivity contribution in [1.29, 1.82) is 0 Å². The predicted molar refractivity (Wildman–Crippen MR) is 78.2 cm³/mol. The zero-order valence-corrected chi connectivity index (χ0v) is 12.5. The molecule has 0 aliphatic rings. The number of ether oxygens (including phenoxy) is 1. The Balaban J connectivity index is 2.75. The third-order valence-corrected chi connectivity index (χ3v) is 3.35. The maximum absolute atomic E-state index is 13.5. The second-order valence-electron chi connectivity index (χ2n) is 4.93. The van der Waals surface area contributed by atoms with Gasteiger partial charge in [0.2, 0.25) is 0 Å². The molecule has 2 atom stereocenters. The highest BCUT2D eigenvalue weighted by Gasteiger charge is 2.20. The van der Waals surface area contributed by atoms with Crippen LogP contribution in [0.5, 0.6) is 5.75 Å². The van der Waals surface area contributed by atoms with Crippen molar-refractivity contribution >= 4 is 0 Å². The second-order valence-corrected chi connectivity index (χ2v) is 4.93. The standard InChI is InChI=1S/C16H26FNO/c1-5-8-15(18-7-3)16(6-2)19-13-10-9-12(4)14(17)11-13/h9-11,15-16,18H,5-8H2,1-4H3. The van der Waals surface area contributed by atoms with Crippen LogP contribution in [0.15, 0.2) is 18.2 Å². The molecular weight excluding hydrogens is 241 g/mol. The molecule has 0 spiro atoms. The Morgan fingerprint density at radius 3 is 2.53 bits per heavy atom. The van der Waals surface area contributed by atoms with Gasteiger partial charge in [0.05, 0.1) is 0 Å². The fourth-order valence-corrected chi connectivity index (χ4v) is 2.26. The molecule has 0 fully saturated rings. The average Bonchev–Trinajstić information content (AvgIpc) is 2.40. The molecule has 0 heterocycles. The molecule has 1 rings (SSSR count). The SMILES string of the molecule is CCCC(NCC)C(CC)Oc1ccc(C)c(F)c1. The molecule has 0 aliphatic heterocycles. The van der Waals surface area contributed by atoms with Crippen molar-refractivity contribution in [1.82, 2.24) is 5.32 Å². The number of aryl methyl sites for hydroxylation is 1. The summed E-state index contributed by atoms with van der Waals surface area (Å²) < 4.78 is 19.5. The first-order chi connectivity index (χ1) is 9.12. The Kier molecular flexibility index (Phi) is 6.85. The molecule has 0 bridgehead atoms. The van der Waals surface area contributed by atoms with Crippen molar-refractivity contribution in [3.63, 3.8) is 0 Å². The van der Waals surface area contributed by atoms with E-state index in [1.165, 1.54) is 6.07 Å². The summed E-state index contributed by atoms with van der Waals surface area (Å²) in [6, 6.07) is 5.41. The highest BCUT2D eigenvalue weighted by molar-refractivity contribution is 5.28. The van der Waals surface area contributed by atoms with Crippen molar-refractivity contribution < 1.29 is 9.13 Å². The average molecular weight is 267 g/mol. The van der Waals surface area contributed by atoms with Gasteiger partial charge in [0.1, 0.15) is 17.7 Å². The van der Waals surface area contributed by atoms with Crippen LogP contribution < -0.4 is 10.1 Å². The van der Waals surface area contributed by atoms with Crippen LogP contribution >= 0.6 is 0 Å². The third kappa shape index (κ3) is 4.83. The third-order valence-electron chi connectivity index (χ3n) is 3.35. The van der Waals surface area contributed by atoms with Crippen LogP contribution in [0.3, 0.4) is 0 Å². The molecule has 1 N–H and O–H groups in total. The van der Waals surface area contributed by atoms with Crippen LogP contribution in [-0.2, 0) is 0 Å². The number of hydrogen-bond acceptors (Lipinski definition) is 2. The van der Waals surface area contributed by atoms with E-state index in [1.807, 2.05) is 6.07 Å². The lowest BCUT2D eigenvalue weighted by Gasteiger charge is -2.27. The largest absolute Gasteiger partial charge is 0.489 e. The lowest BCUT2D eigenvalue weighted by molar-refractivity contribution is 0.143. The molecule has 1 aromatic rings. The minimum absolute atomic E-state index is 0.0852. The van der Waals surface area contributed by atoms with Gasteiger partial charge in [-0.2, -0.15) is 0 Å². The molecule has 1 aromatic carbocycles. The van der Waals surface area contributed by atoms with Crippen LogP contribution in [0.4, 0.5) is 4.39 Å². The summed E-state index contributed by atoms with van der Waals surface area (Å²) in [5.74, 6) is 0.414. The van der Waals surface area contributed by atoms with E-state index in [4.69, 9.17) is 4.74 Å². The molecule has 0 aromatic heterocycles. The van der Waals surface area contributed by atoms with E-state index < -0.39 is 0 Å². The van der Waals surface area contributed by atoms with E-state index in [0.29, 0.717) is 17.4 Å². The molecule has 2 nitrogen and oxygen atoms in total. The minimum atomic E-state index is -0.206. The fraction of sp³-hybridized carbons (Fsp3) is 0.625. The van der Waals surface area contributed by atoms with E-state index in [-0.39, 0.29) is 11.9 Å². The van der Waals surface area contributed by atoms with Gasteiger partial charge in [0.15, 0.2) is 0 Å². The molecule has 0 saturated carbocycles. The lowest BCUT2D eigenvalue weighted by atomic mass is 10.0. The highest BCUT2D eigenvalue weighted by Crippen LogP contribution is 2.20. The van der Waals surface area contributed by atoms with Gasteiger partial charge in [0.25, 0.3) is 0 Å². The summed E-state index contributed by atoms with van der Waals surface area (Å²) in [5.41, 5.74) is 0.650. The molecule has 19 heavy (non-hydrogen) atoms. The quantitative estimate of drug-likeness (QED) is 0.766. The molecule has 108 valence electrons. The molecule has 0 saturated heterocycles. The molecule has 0 aliphatic carbocycles. The Bertz CT molecular complexity index is 375. The molecule has 3 heteroatoms. The van der Waals surface area contributed by atoms with Crippen molar-refractivity contribution in [2.24, 2.45) is 0 Å². The molecule has 0 radical (unpaired) electrons. The van der Waals surface area contributed by atoms with Gasteiger partial charge in [-0.25, -0.2) is 4.39 Å². The topological polar surface area (TPSA) is 21.3 Å². The van der Waals surface area contributed by atoms with Crippen molar-refractivity contribution in [3.05, 3.63) is 29.6 Å². The van der Waals surface area contributed by atoms with Crippen molar-refractivity contribution in [2.45, 2.75) is 59.1 Å². The molecule has 2 unspecified atom stereocenters. The molecule has 0 amide bonds. The smallest absolute Gasteiger partial charge is 0.129 e. The van der Waals surface area contributed by atoms with Crippen LogP contribution in [0.2, 0.25) is 0 Å². The van der Waals surface area contributed by atoms with Gasteiger partial charge in [-0.05, 0) is 37.9 Å². The van der Waals surface area contributed by atoms with E-state index in [0.717, 1.165) is 25.8 Å². The highest BCUT2D eigenvalue weighted by atomic mass is 19.1. The Hall–Kier alpha value is -1.09. The van der Waals surface area contributed by atoms with Gasteiger partial charge in [-0.1, -0.05) is 33.3 Å². The number of benzene rings is 1. The maximum atomic E-state index is 13.5. The normalized spacial score (nSPS) is 14.2. The van der Waals surface area contributed by atoms with Crippen LogP contribution in [0.25, 0.3) is 0 Å². The number of nitrogens with one attached hydrogen (secondary N) is 1. The summed E-state index contributed by atoms with van der Waals surface area (Å²) >= 11 is 0. The maximum Gasteiger partial charge on any atom is 0.129 e. The summed E-state index contributed by atoms with van der Waals surface area (Å²) in [4.78, 5) is 0. The number of likely N-dealkylation sites (N-methyl/N-ethyl adjacent to an activating group) is 1. The zero-order chi connectivity index (χ0) is 14.3. The Morgan fingerprint density at radius 2 is 2.00 bits per heavy atom. The zero-order valence-electron chi connectivity index (χ0n) is 12.5. The summed E-state index contributed by atoms with van der Waals surface area (Å²) in [6.45, 7) is 9.06. The lowest BCUT2D eigenvalue weighted by Crippen LogP contribution is -2.42. The number of rotatable bonds is 8. The van der Waals surface area contributed by atoms with E-state index >= 15 is 0 Å². The first kappa shape index (κ1) is 16.0. The van der Waals surface area contributed by atoms with E-state index in [9.17, 15) is 4.39 Å². The van der Waals surface area contributed by atoms with Gasteiger partial charge in [0, 0.05) is 12.1 Å². The van der Waals surface area contributed by atoms with E-state index in [2.05, 4.69) is 26.1 Å². The summed E-state index contributed by atoms with van der Waals surface area (Å²) in [6.07, 6.45) is 3.18. The Labute approximate surface area is 116 Å². The number of hydrogen-bond donors (Lipinski definition) is 1. The van der Waals surface area contributed by atoms with Crippen LogP contribution in [0, 0.1) is 12.7 Å².